The van der Waals surface area contributed by atoms with Crippen molar-refractivity contribution in [1.82, 2.24) is 0 Å². The molecule has 0 aliphatic carbocycles. The second-order valence-corrected chi connectivity index (χ2v) is 6.56. The first-order valence-corrected chi connectivity index (χ1v) is 7.61. The highest BCUT2D eigenvalue weighted by molar-refractivity contribution is 7.20. The minimum absolute atomic E-state index is 0.276. The molecule has 1 aromatic carbocycles. The molecule has 1 heterocycles. The van der Waals surface area contributed by atoms with Crippen LogP contribution in [0.1, 0.15) is 15.9 Å². The standard InChI is InChI=1S/C14H8Cl3NO2S/c15-9-4-3-8(2-1-5-19)11(6-9)18-14(20)10-7-12(16)21-13(10)17/h3-4,6-7,19H,5H2,(H,18,20). The SMILES string of the molecule is O=C(Nc1cc(Cl)ccc1C#CCO)c1cc(Cl)sc1Cl. The number of amides is 1. The molecule has 0 bridgehead atoms. The van der Waals surface area contributed by atoms with Gasteiger partial charge in [0.2, 0.25) is 0 Å². The fourth-order valence-electron chi connectivity index (χ4n) is 1.55. The molecular formula is C14H8Cl3NO2S. The average molecular weight is 361 g/mol. The Labute approximate surface area is 140 Å². The quantitative estimate of drug-likeness (QED) is 0.784. The molecule has 0 spiro atoms. The highest BCUT2D eigenvalue weighted by Crippen LogP contribution is 2.32. The van der Waals surface area contributed by atoms with Crippen LogP contribution >= 0.6 is 46.1 Å². The third-order valence-corrected chi connectivity index (χ3v) is 4.16. The van der Waals surface area contributed by atoms with Crippen molar-refractivity contribution in [3.8, 4) is 11.8 Å². The predicted octanol–water partition coefficient (Wildman–Crippen LogP) is 4.30. The van der Waals surface area contributed by atoms with Gasteiger partial charge in [-0.15, -0.1) is 11.3 Å². The van der Waals surface area contributed by atoms with E-state index in [4.69, 9.17) is 39.9 Å². The maximum atomic E-state index is 12.2. The molecule has 2 rings (SSSR count). The minimum atomic E-state index is -0.405. The van der Waals surface area contributed by atoms with Gasteiger partial charge >= 0.3 is 0 Å². The number of aliphatic hydroxyl groups excluding tert-OH is 1. The molecule has 108 valence electrons. The number of rotatable bonds is 2. The van der Waals surface area contributed by atoms with Crippen molar-refractivity contribution in [1.29, 1.82) is 0 Å². The van der Waals surface area contributed by atoms with Crippen LogP contribution in [0.4, 0.5) is 5.69 Å². The van der Waals surface area contributed by atoms with Gasteiger partial charge in [-0.2, -0.15) is 0 Å². The Balaban J connectivity index is 2.32. The van der Waals surface area contributed by atoms with Crippen molar-refractivity contribution in [3.63, 3.8) is 0 Å². The fourth-order valence-corrected chi connectivity index (χ4v) is 3.18. The van der Waals surface area contributed by atoms with Gasteiger partial charge in [0.15, 0.2) is 0 Å². The summed E-state index contributed by atoms with van der Waals surface area (Å²) in [5, 5.41) is 11.9. The van der Waals surface area contributed by atoms with E-state index in [2.05, 4.69) is 17.2 Å². The number of thiophene rings is 1. The number of hydrogen-bond acceptors (Lipinski definition) is 3. The predicted molar refractivity (Wildman–Crippen MR) is 87.7 cm³/mol. The molecule has 3 nitrogen and oxygen atoms in total. The molecule has 1 aromatic heterocycles. The average Bonchev–Trinajstić information content (AvgIpc) is 2.77. The molecule has 0 aliphatic heterocycles. The van der Waals surface area contributed by atoms with E-state index >= 15 is 0 Å². The summed E-state index contributed by atoms with van der Waals surface area (Å²) in [4.78, 5) is 12.2. The summed E-state index contributed by atoms with van der Waals surface area (Å²) in [6, 6.07) is 6.37. The molecule has 0 radical (unpaired) electrons. The van der Waals surface area contributed by atoms with Gasteiger partial charge in [-0.1, -0.05) is 46.6 Å². The van der Waals surface area contributed by atoms with Crippen LogP contribution in [-0.2, 0) is 0 Å². The zero-order valence-electron chi connectivity index (χ0n) is 10.4. The Morgan fingerprint density at radius 1 is 1.29 bits per heavy atom. The molecule has 1 amide bonds. The summed E-state index contributed by atoms with van der Waals surface area (Å²) in [5.41, 5.74) is 1.26. The Morgan fingerprint density at radius 3 is 2.67 bits per heavy atom. The first kappa shape index (κ1) is 16.2. The number of halogens is 3. The van der Waals surface area contributed by atoms with Crippen LogP contribution in [0.3, 0.4) is 0 Å². The van der Waals surface area contributed by atoms with Crippen molar-refractivity contribution in [2.45, 2.75) is 0 Å². The van der Waals surface area contributed by atoms with Crippen molar-refractivity contribution in [2.75, 3.05) is 11.9 Å². The highest BCUT2D eigenvalue weighted by Gasteiger charge is 2.15. The first-order valence-electron chi connectivity index (χ1n) is 5.66. The van der Waals surface area contributed by atoms with E-state index in [0.29, 0.717) is 24.9 Å². The van der Waals surface area contributed by atoms with E-state index in [1.54, 1.807) is 18.2 Å². The van der Waals surface area contributed by atoms with Crippen molar-refractivity contribution in [3.05, 3.63) is 49.1 Å². The van der Waals surface area contributed by atoms with Gasteiger partial charge in [0.1, 0.15) is 10.9 Å². The number of carbonyl (C=O) groups excluding carboxylic acids is 1. The Bertz CT molecular complexity index is 746. The topological polar surface area (TPSA) is 49.3 Å². The van der Waals surface area contributed by atoms with E-state index in [0.717, 1.165) is 11.3 Å². The van der Waals surface area contributed by atoms with Gasteiger partial charge in [-0.05, 0) is 24.3 Å². The van der Waals surface area contributed by atoms with Gasteiger partial charge in [0.25, 0.3) is 5.91 Å². The van der Waals surface area contributed by atoms with Crippen LogP contribution in [0.2, 0.25) is 13.7 Å². The van der Waals surface area contributed by atoms with E-state index in [1.807, 2.05) is 0 Å². The Kier molecular flexibility index (Phi) is 5.51. The molecule has 0 atom stereocenters. The van der Waals surface area contributed by atoms with Crippen molar-refractivity contribution in [2.24, 2.45) is 0 Å². The third-order valence-electron chi connectivity index (χ3n) is 2.43. The monoisotopic (exact) mass is 359 g/mol. The van der Waals surface area contributed by atoms with Crippen LogP contribution in [-0.4, -0.2) is 17.6 Å². The molecule has 0 fully saturated rings. The fraction of sp³-hybridized carbons (Fsp3) is 0.0714. The van der Waals surface area contributed by atoms with Gasteiger partial charge in [-0.3, -0.25) is 4.79 Å². The maximum absolute atomic E-state index is 12.2. The molecule has 0 saturated heterocycles. The van der Waals surface area contributed by atoms with E-state index in [9.17, 15) is 4.79 Å². The Hall–Kier alpha value is -1.22. The first-order chi connectivity index (χ1) is 10.0. The number of aliphatic hydroxyl groups is 1. The summed E-state index contributed by atoms with van der Waals surface area (Å²) >= 11 is 18.8. The van der Waals surface area contributed by atoms with Gasteiger partial charge in [0, 0.05) is 10.6 Å². The normalized spacial score (nSPS) is 9.90. The summed E-state index contributed by atoms with van der Waals surface area (Å²) in [6.45, 7) is -0.276. The van der Waals surface area contributed by atoms with Crippen LogP contribution < -0.4 is 5.32 Å². The molecular weight excluding hydrogens is 353 g/mol. The third kappa shape index (κ3) is 4.13. The molecule has 0 saturated carbocycles. The van der Waals surface area contributed by atoms with Crippen LogP contribution in [0, 0.1) is 11.8 Å². The van der Waals surface area contributed by atoms with Gasteiger partial charge in [0.05, 0.1) is 15.6 Å². The number of benzene rings is 1. The summed E-state index contributed by atoms with van der Waals surface area (Å²) in [5.74, 6) is 4.85. The summed E-state index contributed by atoms with van der Waals surface area (Å²) in [7, 11) is 0. The van der Waals surface area contributed by atoms with E-state index in [-0.39, 0.29) is 12.2 Å². The van der Waals surface area contributed by atoms with Crippen molar-refractivity contribution >= 4 is 57.7 Å². The highest BCUT2D eigenvalue weighted by atomic mass is 35.5. The second-order valence-electron chi connectivity index (χ2n) is 3.84. The van der Waals surface area contributed by atoms with E-state index < -0.39 is 5.91 Å². The van der Waals surface area contributed by atoms with Crippen LogP contribution in [0.5, 0.6) is 0 Å². The summed E-state index contributed by atoms with van der Waals surface area (Å²) in [6.07, 6.45) is 0. The summed E-state index contributed by atoms with van der Waals surface area (Å²) < 4.78 is 0.735. The van der Waals surface area contributed by atoms with Crippen molar-refractivity contribution < 1.29 is 9.90 Å². The zero-order chi connectivity index (χ0) is 15.4. The van der Waals surface area contributed by atoms with Gasteiger partial charge in [-0.25, -0.2) is 0 Å². The lowest BCUT2D eigenvalue weighted by atomic mass is 10.1. The molecule has 0 unspecified atom stereocenters. The smallest absolute Gasteiger partial charge is 0.258 e. The zero-order valence-corrected chi connectivity index (χ0v) is 13.5. The molecule has 0 aliphatic rings. The van der Waals surface area contributed by atoms with Crippen LogP contribution in [0.25, 0.3) is 0 Å². The number of anilines is 1. The molecule has 7 heteroatoms. The molecule has 2 aromatic rings. The number of carbonyl (C=O) groups is 1. The maximum Gasteiger partial charge on any atom is 0.258 e. The Morgan fingerprint density at radius 2 is 2.05 bits per heavy atom. The lowest BCUT2D eigenvalue weighted by molar-refractivity contribution is 0.102. The lowest BCUT2D eigenvalue weighted by Crippen LogP contribution is -2.12. The molecule has 2 N–H and O–H groups in total. The minimum Gasteiger partial charge on any atom is -0.384 e. The number of nitrogens with one attached hydrogen (secondary N) is 1. The number of hydrogen-bond donors (Lipinski definition) is 2. The second kappa shape index (κ2) is 7.17. The largest absolute Gasteiger partial charge is 0.384 e. The van der Waals surface area contributed by atoms with Gasteiger partial charge < -0.3 is 10.4 Å². The van der Waals surface area contributed by atoms with Crippen LogP contribution in [0.15, 0.2) is 24.3 Å². The molecule has 21 heavy (non-hydrogen) atoms. The lowest BCUT2D eigenvalue weighted by Gasteiger charge is -2.07. The van der Waals surface area contributed by atoms with E-state index in [1.165, 1.54) is 6.07 Å².